The molecule has 0 saturated carbocycles. The standard InChI is InChI=1S/C15H16ClFN4.HI/c1-18-15(20-9-11-5-2-3-6-12(11)16)21-10-14-13(17)7-4-8-19-14;/h2-8H,9-10H2,1H3,(H2,18,20,21);1H. The zero-order valence-electron chi connectivity index (χ0n) is 12.0. The van der Waals surface area contributed by atoms with E-state index < -0.39 is 0 Å². The molecule has 1 heterocycles. The van der Waals surface area contributed by atoms with Crippen molar-refractivity contribution in [2.24, 2.45) is 4.99 Å². The van der Waals surface area contributed by atoms with E-state index in [0.717, 1.165) is 5.56 Å². The van der Waals surface area contributed by atoms with E-state index >= 15 is 0 Å². The van der Waals surface area contributed by atoms with Gasteiger partial charge in [-0.1, -0.05) is 29.8 Å². The molecule has 0 bridgehead atoms. The molecule has 118 valence electrons. The number of rotatable bonds is 4. The van der Waals surface area contributed by atoms with Crippen molar-refractivity contribution in [2.45, 2.75) is 13.1 Å². The Kier molecular flexibility index (Phi) is 8.11. The quantitative estimate of drug-likeness (QED) is 0.441. The molecule has 4 nitrogen and oxygen atoms in total. The molecule has 1 aromatic heterocycles. The van der Waals surface area contributed by atoms with E-state index in [2.05, 4.69) is 20.6 Å². The summed E-state index contributed by atoms with van der Waals surface area (Å²) >= 11 is 6.08. The summed E-state index contributed by atoms with van der Waals surface area (Å²) < 4.78 is 13.5. The highest BCUT2D eigenvalue weighted by Gasteiger charge is 2.05. The Morgan fingerprint density at radius 3 is 2.59 bits per heavy atom. The number of aliphatic imine (C=N–C) groups is 1. The minimum Gasteiger partial charge on any atom is -0.352 e. The summed E-state index contributed by atoms with van der Waals surface area (Å²) in [5.74, 6) is 0.214. The SMILES string of the molecule is CN=C(NCc1ccccc1Cl)NCc1ncccc1F.I. The predicted octanol–water partition coefficient (Wildman–Crippen LogP) is 3.36. The Hall–Kier alpha value is -1.41. The third-order valence-corrected chi connectivity index (χ3v) is 3.25. The number of halogens is 3. The minimum atomic E-state index is -0.341. The average molecular weight is 435 g/mol. The van der Waals surface area contributed by atoms with E-state index in [9.17, 15) is 4.39 Å². The molecule has 1 aromatic carbocycles. The summed E-state index contributed by atoms with van der Waals surface area (Å²) in [5.41, 5.74) is 1.31. The highest BCUT2D eigenvalue weighted by molar-refractivity contribution is 14.0. The molecule has 0 unspecified atom stereocenters. The number of pyridine rings is 1. The Morgan fingerprint density at radius 2 is 1.91 bits per heavy atom. The Labute approximate surface area is 151 Å². The Balaban J connectivity index is 0.00000242. The fraction of sp³-hybridized carbons (Fsp3) is 0.200. The van der Waals surface area contributed by atoms with Gasteiger partial charge < -0.3 is 10.6 Å². The van der Waals surface area contributed by atoms with Crippen LogP contribution in [0, 0.1) is 5.82 Å². The number of aromatic nitrogens is 1. The summed E-state index contributed by atoms with van der Waals surface area (Å²) in [4.78, 5) is 8.05. The molecule has 0 spiro atoms. The van der Waals surface area contributed by atoms with Gasteiger partial charge in [-0.15, -0.1) is 24.0 Å². The van der Waals surface area contributed by atoms with Gasteiger partial charge in [-0.05, 0) is 23.8 Å². The van der Waals surface area contributed by atoms with E-state index in [1.54, 1.807) is 19.3 Å². The molecule has 0 aliphatic carbocycles. The van der Waals surface area contributed by atoms with Crippen LogP contribution in [0.1, 0.15) is 11.3 Å². The maximum absolute atomic E-state index is 13.5. The van der Waals surface area contributed by atoms with Crippen molar-refractivity contribution in [3.63, 3.8) is 0 Å². The van der Waals surface area contributed by atoms with Gasteiger partial charge in [-0.25, -0.2) is 4.39 Å². The summed E-state index contributed by atoms with van der Waals surface area (Å²) in [6, 6.07) is 10.5. The molecular formula is C15H17ClFIN4. The van der Waals surface area contributed by atoms with Gasteiger partial charge in [0.25, 0.3) is 0 Å². The van der Waals surface area contributed by atoms with Gasteiger partial charge >= 0.3 is 0 Å². The molecular weight excluding hydrogens is 418 g/mol. The van der Waals surface area contributed by atoms with Crippen LogP contribution in [-0.2, 0) is 13.1 Å². The second kappa shape index (κ2) is 9.58. The van der Waals surface area contributed by atoms with Crippen LogP contribution < -0.4 is 10.6 Å². The van der Waals surface area contributed by atoms with Crippen molar-refractivity contribution in [1.29, 1.82) is 0 Å². The molecule has 0 saturated heterocycles. The second-order valence-electron chi connectivity index (χ2n) is 4.30. The van der Waals surface area contributed by atoms with Crippen molar-refractivity contribution >= 4 is 41.5 Å². The van der Waals surface area contributed by atoms with Gasteiger partial charge in [0.05, 0.1) is 12.2 Å². The van der Waals surface area contributed by atoms with E-state index in [-0.39, 0.29) is 36.3 Å². The maximum Gasteiger partial charge on any atom is 0.191 e. The van der Waals surface area contributed by atoms with Crippen LogP contribution in [0.25, 0.3) is 0 Å². The molecule has 0 aliphatic heterocycles. The molecule has 2 aromatic rings. The number of guanidine groups is 1. The molecule has 0 amide bonds. The largest absolute Gasteiger partial charge is 0.352 e. The first-order chi connectivity index (χ1) is 10.2. The molecule has 0 atom stereocenters. The third-order valence-electron chi connectivity index (χ3n) is 2.89. The van der Waals surface area contributed by atoms with Crippen LogP contribution in [0.3, 0.4) is 0 Å². The lowest BCUT2D eigenvalue weighted by molar-refractivity contribution is 0.592. The van der Waals surface area contributed by atoms with E-state index in [0.29, 0.717) is 23.2 Å². The number of benzene rings is 1. The minimum absolute atomic E-state index is 0. The Bertz CT molecular complexity index is 585. The van der Waals surface area contributed by atoms with Crippen molar-refractivity contribution in [1.82, 2.24) is 15.6 Å². The molecule has 0 radical (unpaired) electrons. The molecule has 0 fully saturated rings. The van der Waals surface area contributed by atoms with E-state index in [1.807, 2.05) is 24.3 Å². The average Bonchev–Trinajstić information content (AvgIpc) is 2.50. The van der Waals surface area contributed by atoms with Gasteiger partial charge in [0.2, 0.25) is 0 Å². The van der Waals surface area contributed by atoms with Crippen LogP contribution in [0.5, 0.6) is 0 Å². The van der Waals surface area contributed by atoms with Crippen molar-refractivity contribution in [3.8, 4) is 0 Å². The highest BCUT2D eigenvalue weighted by atomic mass is 127. The summed E-state index contributed by atoms with van der Waals surface area (Å²) in [6.45, 7) is 0.791. The topological polar surface area (TPSA) is 49.3 Å². The molecule has 2 rings (SSSR count). The lowest BCUT2D eigenvalue weighted by Crippen LogP contribution is -2.36. The fourth-order valence-corrected chi connectivity index (χ4v) is 1.96. The number of nitrogens with one attached hydrogen (secondary N) is 2. The van der Waals surface area contributed by atoms with Crippen LogP contribution in [0.15, 0.2) is 47.6 Å². The first kappa shape index (κ1) is 18.6. The van der Waals surface area contributed by atoms with Gasteiger partial charge in [-0.2, -0.15) is 0 Å². The smallest absolute Gasteiger partial charge is 0.191 e. The van der Waals surface area contributed by atoms with Crippen LogP contribution in [0.2, 0.25) is 5.02 Å². The first-order valence-electron chi connectivity index (χ1n) is 6.48. The molecule has 7 heteroatoms. The fourth-order valence-electron chi connectivity index (χ4n) is 1.76. The van der Waals surface area contributed by atoms with E-state index in [4.69, 9.17) is 11.6 Å². The van der Waals surface area contributed by atoms with Crippen molar-refractivity contribution in [3.05, 3.63) is 64.7 Å². The lowest BCUT2D eigenvalue weighted by Gasteiger charge is -2.12. The summed E-state index contributed by atoms with van der Waals surface area (Å²) in [6.07, 6.45) is 1.56. The number of hydrogen-bond acceptors (Lipinski definition) is 2. The third kappa shape index (κ3) is 5.42. The molecule has 22 heavy (non-hydrogen) atoms. The second-order valence-corrected chi connectivity index (χ2v) is 4.71. The zero-order chi connectivity index (χ0) is 15.1. The molecule has 2 N–H and O–H groups in total. The summed E-state index contributed by atoms with van der Waals surface area (Å²) in [7, 11) is 1.65. The number of nitrogens with zero attached hydrogens (tertiary/aromatic N) is 2. The van der Waals surface area contributed by atoms with Crippen molar-refractivity contribution < 1.29 is 4.39 Å². The van der Waals surface area contributed by atoms with Crippen LogP contribution in [-0.4, -0.2) is 18.0 Å². The van der Waals surface area contributed by atoms with Gasteiger partial charge in [0.15, 0.2) is 5.96 Å². The molecule has 0 aliphatic rings. The normalized spacial score (nSPS) is 10.8. The highest BCUT2D eigenvalue weighted by Crippen LogP contribution is 2.14. The van der Waals surface area contributed by atoms with E-state index in [1.165, 1.54) is 6.07 Å². The monoisotopic (exact) mass is 434 g/mol. The zero-order valence-corrected chi connectivity index (χ0v) is 15.1. The lowest BCUT2D eigenvalue weighted by atomic mass is 10.2. The van der Waals surface area contributed by atoms with Crippen LogP contribution >= 0.6 is 35.6 Å². The predicted molar refractivity (Wildman–Crippen MR) is 98.1 cm³/mol. The summed E-state index contributed by atoms with van der Waals surface area (Å²) in [5, 5.41) is 6.82. The maximum atomic E-state index is 13.5. The van der Waals surface area contributed by atoms with Gasteiger partial charge in [-0.3, -0.25) is 9.98 Å². The van der Waals surface area contributed by atoms with Crippen LogP contribution in [0.4, 0.5) is 4.39 Å². The van der Waals surface area contributed by atoms with Crippen molar-refractivity contribution in [2.75, 3.05) is 7.05 Å². The first-order valence-corrected chi connectivity index (χ1v) is 6.86. The van der Waals surface area contributed by atoms with Gasteiger partial charge in [0.1, 0.15) is 5.82 Å². The van der Waals surface area contributed by atoms with Gasteiger partial charge in [0, 0.05) is 24.8 Å². The number of hydrogen-bond donors (Lipinski definition) is 2. The Morgan fingerprint density at radius 1 is 1.18 bits per heavy atom.